The van der Waals surface area contributed by atoms with Gasteiger partial charge in [0.1, 0.15) is 4.88 Å². The van der Waals surface area contributed by atoms with Crippen molar-refractivity contribution in [1.29, 1.82) is 0 Å². The van der Waals surface area contributed by atoms with Crippen molar-refractivity contribution < 1.29 is 4.79 Å². The van der Waals surface area contributed by atoms with Crippen molar-refractivity contribution in [1.82, 2.24) is 14.9 Å². The third-order valence-electron chi connectivity index (χ3n) is 3.28. The molecule has 0 saturated heterocycles. The number of hydrogen-bond acceptors (Lipinski definition) is 4. The van der Waals surface area contributed by atoms with Crippen LogP contribution in [0.15, 0.2) is 0 Å². The Balaban J connectivity index is 1.97. The van der Waals surface area contributed by atoms with E-state index in [1.54, 1.807) is 0 Å². The summed E-state index contributed by atoms with van der Waals surface area (Å²) >= 11 is 1.21. The van der Waals surface area contributed by atoms with Gasteiger partial charge in [-0.2, -0.15) is 0 Å². The minimum atomic E-state index is 0.0163. The van der Waals surface area contributed by atoms with Gasteiger partial charge in [-0.25, -0.2) is 0 Å². The first-order valence-corrected chi connectivity index (χ1v) is 7.10. The lowest BCUT2D eigenvalue weighted by Gasteiger charge is -2.11. The SMILES string of the molecule is CCCc1nnsc1C(=O)NC1CCC(C)C1. The molecule has 2 rings (SSSR count). The molecule has 1 saturated carbocycles. The zero-order chi connectivity index (χ0) is 12.3. The van der Waals surface area contributed by atoms with Gasteiger partial charge in [0.05, 0.1) is 5.69 Å². The summed E-state index contributed by atoms with van der Waals surface area (Å²) < 4.78 is 3.88. The first-order valence-electron chi connectivity index (χ1n) is 6.32. The molecule has 0 bridgehead atoms. The predicted molar refractivity (Wildman–Crippen MR) is 68.2 cm³/mol. The first-order chi connectivity index (χ1) is 8.20. The van der Waals surface area contributed by atoms with Crippen LogP contribution < -0.4 is 5.32 Å². The van der Waals surface area contributed by atoms with Crippen LogP contribution in [0.3, 0.4) is 0 Å². The lowest BCUT2D eigenvalue weighted by Crippen LogP contribution is -2.32. The molecule has 1 fully saturated rings. The lowest BCUT2D eigenvalue weighted by molar-refractivity contribution is 0.0940. The molecule has 0 aliphatic heterocycles. The molecule has 2 unspecified atom stereocenters. The molecular weight excluding hydrogens is 234 g/mol. The highest BCUT2D eigenvalue weighted by molar-refractivity contribution is 7.08. The summed E-state index contributed by atoms with van der Waals surface area (Å²) in [6, 6.07) is 0.342. The van der Waals surface area contributed by atoms with Gasteiger partial charge in [-0.1, -0.05) is 24.8 Å². The van der Waals surface area contributed by atoms with E-state index in [0.717, 1.165) is 37.3 Å². The van der Waals surface area contributed by atoms with E-state index in [1.165, 1.54) is 18.0 Å². The molecule has 4 nitrogen and oxygen atoms in total. The van der Waals surface area contributed by atoms with E-state index in [-0.39, 0.29) is 5.91 Å². The van der Waals surface area contributed by atoms with Gasteiger partial charge < -0.3 is 5.32 Å². The summed E-state index contributed by atoms with van der Waals surface area (Å²) in [5, 5.41) is 7.13. The fraction of sp³-hybridized carbons (Fsp3) is 0.750. The van der Waals surface area contributed by atoms with Gasteiger partial charge in [0.25, 0.3) is 5.91 Å². The molecule has 1 aliphatic rings. The average molecular weight is 253 g/mol. The maximum Gasteiger partial charge on any atom is 0.265 e. The summed E-state index contributed by atoms with van der Waals surface area (Å²) in [6.07, 6.45) is 5.24. The largest absolute Gasteiger partial charge is 0.348 e. The Bertz CT molecular complexity index is 391. The van der Waals surface area contributed by atoms with E-state index in [1.807, 2.05) is 0 Å². The van der Waals surface area contributed by atoms with Crippen LogP contribution in [-0.2, 0) is 6.42 Å². The molecule has 0 radical (unpaired) electrons. The van der Waals surface area contributed by atoms with Gasteiger partial charge in [0.2, 0.25) is 0 Å². The Morgan fingerprint density at radius 2 is 2.35 bits per heavy atom. The number of carbonyl (C=O) groups excluding carboxylic acids is 1. The minimum Gasteiger partial charge on any atom is -0.348 e. The molecule has 1 aliphatic carbocycles. The number of aromatic nitrogens is 2. The van der Waals surface area contributed by atoms with Crippen LogP contribution in [0, 0.1) is 5.92 Å². The van der Waals surface area contributed by atoms with Crippen LogP contribution in [0.1, 0.15) is 54.9 Å². The van der Waals surface area contributed by atoms with Crippen LogP contribution in [-0.4, -0.2) is 21.5 Å². The Morgan fingerprint density at radius 3 is 3.00 bits per heavy atom. The maximum absolute atomic E-state index is 12.1. The molecular formula is C12H19N3OS. The number of nitrogens with one attached hydrogen (secondary N) is 1. The van der Waals surface area contributed by atoms with Crippen molar-refractivity contribution in [3.63, 3.8) is 0 Å². The van der Waals surface area contributed by atoms with Crippen molar-refractivity contribution >= 4 is 17.4 Å². The third-order valence-corrected chi connectivity index (χ3v) is 4.05. The van der Waals surface area contributed by atoms with E-state index in [2.05, 4.69) is 28.8 Å². The summed E-state index contributed by atoms with van der Waals surface area (Å²) in [5.74, 6) is 0.748. The van der Waals surface area contributed by atoms with Gasteiger partial charge in [0.15, 0.2) is 0 Å². The molecule has 5 heteroatoms. The third kappa shape index (κ3) is 3.03. The molecule has 1 heterocycles. The lowest BCUT2D eigenvalue weighted by atomic mass is 10.1. The highest BCUT2D eigenvalue weighted by Crippen LogP contribution is 2.25. The van der Waals surface area contributed by atoms with Crippen LogP contribution >= 0.6 is 11.5 Å². The minimum absolute atomic E-state index is 0.0163. The molecule has 17 heavy (non-hydrogen) atoms. The second-order valence-corrected chi connectivity index (χ2v) is 5.64. The van der Waals surface area contributed by atoms with Crippen molar-refractivity contribution in [2.45, 2.75) is 52.0 Å². The summed E-state index contributed by atoms with van der Waals surface area (Å²) in [6.45, 7) is 4.32. The number of hydrogen-bond donors (Lipinski definition) is 1. The van der Waals surface area contributed by atoms with Crippen LogP contribution in [0.2, 0.25) is 0 Å². The zero-order valence-electron chi connectivity index (χ0n) is 10.4. The van der Waals surface area contributed by atoms with Gasteiger partial charge >= 0.3 is 0 Å². The number of carbonyl (C=O) groups is 1. The average Bonchev–Trinajstić information content (AvgIpc) is 2.88. The number of nitrogens with zero attached hydrogens (tertiary/aromatic N) is 2. The van der Waals surface area contributed by atoms with Gasteiger partial charge in [-0.15, -0.1) is 5.10 Å². The first kappa shape index (κ1) is 12.5. The predicted octanol–water partition coefficient (Wildman–Crippen LogP) is 2.41. The summed E-state index contributed by atoms with van der Waals surface area (Å²) in [4.78, 5) is 12.8. The number of amides is 1. The molecule has 2 atom stereocenters. The van der Waals surface area contributed by atoms with Crippen LogP contribution in [0.25, 0.3) is 0 Å². The van der Waals surface area contributed by atoms with E-state index < -0.39 is 0 Å². The highest BCUT2D eigenvalue weighted by atomic mass is 32.1. The molecule has 1 aromatic rings. The van der Waals surface area contributed by atoms with Gasteiger partial charge in [0, 0.05) is 6.04 Å². The monoisotopic (exact) mass is 253 g/mol. The van der Waals surface area contributed by atoms with Crippen LogP contribution in [0.4, 0.5) is 0 Å². The summed E-state index contributed by atoms with van der Waals surface area (Å²) in [5.41, 5.74) is 0.848. The fourth-order valence-electron chi connectivity index (χ4n) is 2.37. The standard InChI is InChI=1S/C12H19N3OS/c1-3-4-10-11(17-15-14-10)12(16)13-9-6-5-8(2)7-9/h8-9H,3-7H2,1-2H3,(H,13,16). The fourth-order valence-corrected chi connectivity index (χ4v) is 2.98. The molecule has 1 N–H and O–H groups in total. The highest BCUT2D eigenvalue weighted by Gasteiger charge is 2.25. The maximum atomic E-state index is 12.1. The van der Waals surface area contributed by atoms with Gasteiger partial charge in [-0.05, 0) is 43.1 Å². The zero-order valence-corrected chi connectivity index (χ0v) is 11.2. The Labute approximate surface area is 106 Å². The van der Waals surface area contributed by atoms with E-state index in [4.69, 9.17) is 0 Å². The topological polar surface area (TPSA) is 54.9 Å². The van der Waals surface area contributed by atoms with Crippen LogP contribution in [0.5, 0.6) is 0 Å². The molecule has 1 amide bonds. The van der Waals surface area contributed by atoms with E-state index >= 15 is 0 Å². The molecule has 0 aromatic carbocycles. The van der Waals surface area contributed by atoms with Crippen molar-refractivity contribution in [3.05, 3.63) is 10.6 Å². The second kappa shape index (κ2) is 5.58. The Hall–Kier alpha value is -0.970. The summed E-state index contributed by atoms with van der Waals surface area (Å²) in [7, 11) is 0. The smallest absolute Gasteiger partial charge is 0.265 e. The number of rotatable bonds is 4. The number of aryl methyl sites for hydroxylation is 1. The van der Waals surface area contributed by atoms with Gasteiger partial charge in [-0.3, -0.25) is 4.79 Å². The van der Waals surface area contributed by atoms with Crippen molar-refractivity contribution in [3.8, 4) is 0 Å². The van der Waals surface area contributed by atoms with Crippen molar-refractivity contribution in [2.24, 2.45) is 5.92 Å². The molecule has 94 valence electrons. The Kier molecular flexibility index (Phi) is 4.10. The van der Waals surface area contributed by atoms with Crippen molar-refractivity contribution in [2.75, 3.05) is 0 Å². The van der Waals surface area contributed by atoms with E-state index in [9.17, 15) is 4.79 Å². The molecule has 0 spiro atoms. The Morgan fingerprint density at radius 1 is 1.53 bits per heavy atom. The normalized spacial score (nSPS) is 23.9. The second-order valence-electron chi connectivity index (χ2n) is 4.89. The molecule has 1 aromatic heterocycles. The quantitative estimate of drug-likeness (QED) is 0.896. The van der Waals surface area contributed by atoms with E-state index in [0.29, 0.717) is 10.9 Å².